The lowest BCUT2D eigenvalue weighted by Crippen LogP contribution is -2.27. The van der Waals surface area contributed by atoms with Crippen LogP contribution in [-0.2, 0) is 4.79 Å². The maximum Gasteiger partial charge on any atom is 0.229 e. The van der Waals surface area contributed by atoms with E-state index in [0.717, 1.165) is 12.8 Å². The van der Waals surface area contributed by atoms with E-state index in [1.54, 1.807) is 23.9 Å². The highest BCUT2D eigenvalue weighted by atomic mass is 32.2. The molecule has 1 rings (SSSR count). The Morgan fingerprint density at radius 2 is 1.86 bits per heavy atom. The first kappa shape index (κ1) is 18.0. The van der Waals surface area contributed by atoms with Gasteiger partial charge in [-0.15, -0.1) is 11.8 Å². The van der Waals surface area contributed by atoms with Crippen molar-refractivity contribution in [2.45, 2.75) is 64.0 Å². The number of thioether (sulfide) groups is 1. The highest BCUT2D eigenvalue weighted by Gasteiger charge is 2.23. The zero-order valence-corrected chi connectivity index (χ0v) is 14.7. The van der Waals surface area contributed by atoms with Crippen LogP contribution < -0.4 is 5.32 Å². The predicted octanol–water partition coefficient (Wildman–Crippen LogP) is 5.48. The molecule has 0 heterocycles. The molecular weight excluding hydrogens is 285 g/mol. The molecule has 0 spiro atoms. The first-order valence-corrected chi connectivity index (χ1v) is 8.17. The molecule has 2 nitrogen and oxygen atoms in total. The summed E-state index contributed by atoms with van der Waals surface area (Å²) >= 11 is 1.54. The molecule has 0 aliphatic rings. The lowest BCUT2D eigenvalue weighted by molar-refractivity contribution is -0.123. The Morgan fingerprint density at radius 1 is 1.24 bits per heavy atom. The second kappa shape index (κ2) is 6.82. The number of carbonyl (C=O) groups excluding carboxylic acids is 1. The van der Waals surface area contributed by atoms with Crippen molar-refractivity contribution >= 4 is 23.4 Å². The van der Waals surface area contributed by atoms with Crippen LogP contribution in [0.5, 0.6) is 0 Å². The normalized spacial score (nSPS) is 12.3. The third-order valence-corrected chi connectivity index (χ3v) is 4.42. The van der Waals surface area contributed by atoms with Crippen molar-refractivity contribution in [2.24, 2.45) is 5.41 Å². The molecule has 0 aliphatic heterocycles. The molecule has 21 heavy (non-hydrogen) atoms. The van der Waals surface area contributed by atoms with Gasteiger partial charge in [-0.05, 0) is 24.6 Å². The number of halogens is 1. The Balaban J connectivity index is 2.84. The molecule has 0 aliphatic carbocycles. The van der Waals surface area contributed by atoms with E-state index in [9.17, 15) is 9.18 Å². The molecule has 0 fully saturated rings. The van der Waals surface area contributed by atoms with E-state index in [-0.39, 0.29) is 16.5 Å². The van der Waals surface area contributed by atoms with Crippen molar-refractivity contribution in [1.29, 1.82) is 0 Å². The Labute approximate surface area is 131 Å². The minimum absolute atomic E-state index is 0.00572. The van der Waals surface area contributed by atoms with Crippen molar-refractivity contribution in [2.75, 3.05) is 5.32 Å². The van der Waals surface area contributed by atoms with Crippen LogP contribution in [-0.4, -0.2) is 10.7 Å². The number of benzene rings is 1. The summed E-state index contributed by atoms with van der Waals surface area (Å²) in [6.45, 7) is 11.9. The molecule has 0 bridgehead atoms. The number of anilines is 1. The molecular formula is C17H26FNOS. The standard InChI is InChI=1S/C17H26FNOS/c1-7-10-17(5,6)21-14-9-8-12(11-13(14)18)19-15(20)16(2,3)4/h8-9,11H,7,10H2,1-6H3,(H,19,20). The number of amides is 1. The van der Waals surface area contributed by atoms with Gasteiger partial charge in [-0.1, -0.05) is 48.0 Å². The molecule has 118 valence electrons. The van der Waals surface area contributed by atoms with E-state index >= 15 is 0 Å². The zero-order valence-electron chi connectivity index (χ0n) is 13.8. The third-order valence-electron chi connectivity index (χ3n) is 3.11. The van der Waals surface area contributed by atoms with E-state index in [1.807, 2.05) is 20.8 Å². The predicted molar refractivity (Wildman–Crippen MR) is 89.3 cm³/mol. The summed E-state index contributed by atoms with van der Waals surface area (Å²) in [6.07, 6.45) is 2.10. The molecule has 0 unspecified atom stereocenters. The fraction of sp³-hybridized carbons (Fsp3) is 0.588. The summed E-state index contributed by atoms with van der Waals surface area (Å²) in [5, 5.41) is 2.75. The number of carbonyl (C=O) groups is 1. The lowest BCUT2D eigenvalue weighted by atomic mass is 9.95. The molecule has 4 heteroatoms. The van der Waals surface area contributed by atoms with Gasteiger partial charge in [-0.3, -0.25) is 4.79 Å². The second-order valence-electron chi connectivity index (χ2n) is 6.96. The minimum atomic E-state index is -0.493. The van der Waals surface area contributed by atoms with E-state index in [2.05, 4.69) is 26.1 Å². The van der Waals surface area contributed by atoms with Crippen LogP contribution in [0.25, 0.3) is 0 Å². The van der Waals surface area contributed by atoms with Crippen LogP contribution in [0.1, 0.15) is 54.4 Å². The molecule has 0 saturated heterocycles. The van der Waals surface area contributed by atoms with E-state index < -0.39 is 5.41 Å². The van der Waals surface area contributed by atoms with Crippen LogP contribution in [0.2, 0.25) is 0 Å². The van der Waals surface area contributed by atoms with Crippen molar-refractivity contribution in [1.82, 2.24) is 0 Å². The molecule has 1 aromatic carbocycles. The Hall–Kier alpha value is -1.03. The highest BCUT2D eigenvalue weighted by molar-refractivity contribution is 8.00. The van der Waals surface area contributed by atoms with Crippen molar-refractivity contribution < 1.29 is 9.18 Å². The molecule has 0 atom stereocenters. The van der Waals surface area contributed by atoms with E-state index in [4.69, 9.17) is 0 Å². The SMILES string of the molecule is CCCC(C)(C)Sc1ccc(NC(=O)C(C)(C)C)cc1F. The van der Waals surface area contributed by atoms with E-state index in [0.29, 0.717) is 10.6 Å². The van der Waals surface area contributed by atoms with Crippen LogP contribution in [0, 0.1) is 11.2 Å². The monoisotopic (exact) mass is 311 g/mol. The fourth-order valence-corrected chi connectivity index (χ4v) is 3.12. The van der Waals surface area contributed by atoms with Crippen LogP contribution in [0.15, 0.2) is 23.1 Å². The summed E-state index contributed by atoms with van der Waals surface area (Å²) in [4.78, 5) is 12.5. The van der Waals surface area contributed by atoms with Crippen LogP contribution >= 0.6 is 11.8 Å². The highest BCUT2D eigenvalue weighted by Crippen LogP contribution is 2.37. The van der Waals surface area contributed by atoms with Crippen molar-refractivity contribution in [3.05, 3.63) is 24.0 Å². The first-order valence-electron chi connectivity index (χ1n) is 7.35. The van der Waals surface area contributed by atoms with Gasteiger partial charge in [-0.2, -0.15) is 0 Å². The Kier molecular flexibility index (Phi) is 5.85. The van der Waals surface area contributed by atoms with Gasteiger partial charge in [-0.25, -0.2) is 4.39 Å². The Morgan fingerprint density at radius 3 is 2.33 bits per heavy atom. The molecule has 1 aromatic rings. The van der Waals surface area contributed by atoms with Gasteiger partial charge in [0.2, 0.25) is 5.91 Å². The maximum absolute atomic E-state index is 14.2. The number of hydrogen-bond donors (Lipinski definition) is 1. The van der Waals surface area contributed by atoms with Crippen LogP contribution in [0.3, 0.4) is 0 Å². The summed E-state index contributed by atoms with van der Waals surface area (Å²) in [5.41, 5.74) is 0.0117. The van der Waals surface area contributed by atoms with Gasteiger partial charge >= 0.3 is 0 Å². The average molecular weight is 311 g/mol. The third kappa shape index (κ3) is 5.70. The Bertz CT molecular complexity index is 506. The van der Waals surface area contributed by atoms with Gasteiger partial charge in [0.05, 0.1) is 0 Å². The lowest BCUT2D eigenvalue weighted by Gasteiger charge is -2.24. The maximum atomic E-state index is 14.2. The number of nitrogens with one attached hydrogen (secondary N) is 1. The van der Waals surface area contributed by atoms with Gasteiger partial charge in [0, 0.05) is 20.7 Å². The van der Waals surface area contributed by atoms with E-state index in [1.165, 1.54) is 6.07 Å². The summed E-state index contributed by atoms with van der Waals surface area (Å²) in [7, 11) is 0. The first-order chi connectivity index (χ1) is 9.55. The van der Waals surface area contributed by atoms with Gasteiger partial charge in [0.15, 0.2) is 0 Å². The van der Waals surface area contributed by atoms with Crippen molar-refractivity contribution in [3.8, 4) is 0 Å². The largest absolute Gasteiger partial charge is 0.326 e. The average Bonchev–Trinajstić information content (AvgIpc) is 2.31. The number of hydrogen-bond acceptors (Lipinski definition) is 2. The van der Waals surface area contributed by atoms with Gasteiger partial charge < -0.3 is 5.32 Å². The minimum Gasteiger partial charge on any atom is -0.326 e. The molecule has 1 N–H and O–H groups in total. The molecule has 0 radical (unpaired) electrons. The molecule has 0 saturated carbocycles. The summed E-state index contributed by atoms with van der Waals surface area (Å²) in [5.74, 6) is -0.399. The number of rotatable bonds is 5. The summed E-state index contributed by atoms with van der Waals surface area (Å²) in [6, 6.07) is 4.90. The van der Waals surface area contributed by atoms with Gasteiger partial charge in [0.25, 0.3) is 0 Å². The smallest absolute Gasteiger partial charge is 0.229 e. The quantitative estimate of drug-likeness (QED) is 0.729. The molecule has 1 amide bonds. The topological polar surface area (TPSA) is 29.1 Å². The fourth-order valence-electron chi connectivity index (χ4n) is 1.93. The second-order valence-corrected chi connectivity index (χ2v) is 8.71. The summed E-state index contributed by atoms with van der Waals surface area (Å²) < 4.78 is 14.2. The zero-order chi connectivity index (χ0) is 16.3. The van der Waals surface area contributed by atoms with Crippen LogP contribution in [0.4, 0.5) is 10.1 Å². The molecule has 0 aromatic heterocycles. The van der Waals surface area contributed by atoms with Gasteiger partial charge in [0.1, 0.15) is 5.82 Å². The van der Waals surface area contributed by atoms with Crippen molar-refractivity contribution in [3.63, 3.8) is 0 Å².